The standard InChI is InChI=1S/C11H17N3O/c1-8(12-9(2)15)10-6-5-7-11(13-10)14(3)4/h5-8H,1-4H3,(H,12,15)/t8-/m1/s1. The van der Waals surface area contributed by atoms with Gasteiger partial charge in [0.1, 0.15) is 5.82 Å². The lowest BCUT2D eigenvalue weighted by Gasteiger charge is -2.16. The number of hydrogen-bond donors (Lipinski definition) is 1. The van der Waals surface area contributed by atoms with Gasteiger partial charge in [-0.3, -0.25) is 4.79 Å². The van der Waals surface area contributed by atoms with Crippen molar-refractivity contribution in [2.24, 2.45) is 0 Å². The van der Waals surface area contributed by atoms with Crippen LogP contribution in [0, 0.1) is 0 Å². The molecule has 1 atom stereocenters. The van der Waals surface area contributed by atoms with Crippen LogP contribution in [0.25, 0.3) is 0 Å². The number of carbonyl (C=O) groups is 1. The molecule has 1 N–H and O–H groups in total. The molecule has 0 radical (unpaired) electrons. The molecule has 0 aliphatic heterocycles. The molecule has 0 aliphatic carbocycles. The van der Waals surface area contributed by atoms with Gasteiger partial charge in [0.2, 0.25) is 5.91 Å². The van der Waals surface area contributed by atoms with Crippen LogP contribution in [0.2, 0.25) is 0 Å². The maximum absolute atomic E-state index is 10.9. The van der Waals surface area contributed by atoms with Crippen molar-refractivity contribution in [1.82, 2.24) is 10.3 Å². The Morgan fingerprint density at radius 1 is 1.47 bits per heavy atom. The van der Waals surface area contributed by atoms with E-state index in [4.69, 9.17) is 0 Å². The zero-order valence-corrected chi connectivity index (χ0v) is 9.61. The van der Waals surface area contributed by atoms with Crippen molar-refractivity contribution in [2.75, 3.05) is 19.0 Å². The van der Waals surface area contributed by atoms with Gasteiger partial charge in [-0.15, -0.1) is 0 Å². The molecule has 82 valence electrons. The second-order valence-corrected chi connectivity index (χ2v) is 3.74. The van der Waals surface area contributed by atoms with Crippen molar-refractivity contribution in [2.45, 2.75) is 19.9 Å². The Bertz CT molecular complexity index is 349. The lowest BCUT2D eigenvalue weighted by molar-refractivity contribution is -0.119. The quantitative estimate of drug-likeness (QED) is 0.813. The lowest BCUT2D eigenvalue weighted by Crippen LogP contribution is -2.24. The molecular formula is C11H17N3O. The molecule has 0 saturated heterocycles. The van der Waals surface area contributed by atoms with Gasteiger partial charge in [-0.1, -0.05) is 6.07 Å². The summed E-state index contributed by atoms with van der Waals surface area (Å²) >= 11 is 0. The average Bonchev–Trinajstić information content (AvgIpc) is 2.17. The largest absolute Gasteiger partial charge is 0.363 e. The monoisotopic (exact) mass is 207 g/mol. The molecule has 0 bridgehead atoms. The molecule has 15 heavy (non-hydrogen) atoms. The predicted molar refractivity (Wildman–Crippen MR) is 60.8 cm³/mol. The van der Waals surface area contributed by atoms with E-state index in [9.17, 15) is 4.79 Å². The molecular weight excluding hydrogens is 190 g/mol. The van der Waals surface area contributed by atoms with Crippen LogP contribution in [-0.4, -0.2) is 25.0 Å². The normalized spacial score (nSPS) is 12.0. The minimum Gasteiger partial charge on any atom is -0.363 e. The first-order valence-electron chi connectivity index (χ1n) is 4.92. The van der Waals surface area contributed by atoms with Crippen LogP contribution in [-0.2, 0) is 4.79 Å². The van der Waals surface area contributed by atoms with Gasteiger partial charge in [0.05, 0.1) is 11.7 Å². The van der Waals surface area contributed by atoms with Crippen molar-refractivity contribution in [3.05, 3.63) is 23.9 Å². The van der Waals surface area contributed by atoms with E-state index in [1.165, 1.54) is 6.92 Å². The molecule has 0 aliphatic rings. The van der Waals surface area contributed by atoms with Crippen LogP contribution in [0.4, 0.5) is 5.82 Å². The second kappa shape index (κ2) is 4.77. The fourth-order valence-corrected chi connectivity index (χ4v) is 1.31. The molecule has 4 heteroatoms. The summed E-state index contributed by atoms with van der Waals surface area (Å²) in [5, 5.41) is 2.81. The first kappa shape index (κ1) is 11.5. The molecule has 1 aromatic rings. The van der Waals surface area contributed by atoms with Gasteiger partial charge in [0.25, 0.3) is 0 Å². The summed E-state index contributed by atoms with van der Waals surface area (Å²) in [6.07, 6.45) is 0. The lowest BCUT2D eigenvalue weighted by atomic mass is 10.2. The number of nitrogens with one attached hydrogen (secondary N) is 1. The number of anilines is 1. The zero-order valence-electron chi connectivity index (χ0n) is 9.61. The fraction of sp³-hybridized carbons (Fsp3) is 0.455. The van der Waals surface area contributed by atoms with E-state index >= 15 is 0 Å². The summed E-state index contributed by atoms with van der Waals surface area (Å²) < 4.78 is 0. The summed E-state index contributed by atoms with van der Waals surface area (Å²) in [5.41, 5.74) is 0.872. The summed E-state index contributed by atoms with van der Waals surface area (Å²) in [5.74, 6) is 0.851. The molecule has 0 fully saturated rings. The second-order valence-electron chi connectivity index (χ2n) is 3.74. The Morgan fingerprint density at radius 2 is 2.13 bits per heavy atom. The number of amides is 1. The van der Waals surface area contributed by atoms with Gasteiger partial charge in [0, 0.05) is 21.0 Å². The van der Waals surface area contributed by atoms with Crippen LogP contribution in [0.5, 0.6) is 0 Å². The molecule has 0 spiro atoms. The molecule has 1 rings (SSSR count). The SMILES string of the molecule is CC(=O)N[C@H](C)c1cccc(N(C)C)n1. The number of carbonyl (C=O) groups excluding carboxylic acids is 1. The third kappa shape index (κ3) is 3.23. The zero-order chi connectivity index (χ0) is 11.4. The third-order valence-electron chi connectivity index (χ3n) is 2.08. The van der Waals surface area contributed by atoms with Crippen LogP contribution in [0.1, 0.15) is 25.6 Å². The topological polar surface area (TPSA) is 45.2 Å². The Kier molecular flexibility index (Phi) is 3.66. The van der Waals surface area contributed by atoms with Gasteiger partial charge < -0.3 is 10.2 Å². The minimum absolute atomic E-state index is 0.0421. The Balaban J connectivity index is 2.85. The fourth-order valence-electron chi connectivity index (χ4n) is 1.31. The van der Waals surface area contributed by atoms with E-state index in [0.717, 1.165) is 11.5 Å². The molecule has 1 heterocycles. The Hall–Kier alpha value is -1.58. The van der Waals surface area contributed by atoms with E-state index < -0.39 is 0 Å². The van der Waals surface area contributed by atoms with Crippen molar-refractivity contribution in [1.29, 1.82) is 0 Å². The average molecular weight is 207 g/mol. The highest BCUT2D eigenvalue weighted by Gasteiger charge is 2.08. The van der Waals surface area contributed by atoms with Crippen LogP contribution in [0.15, 0.2) is 18.2 Å². The van der Waals surface area contributed by atoms with Crippen molar-refractivity contribution >= 4 is 11.7 Å². The molecule has 1 amide bonds. The first-order valence-corrected chi connectivity index (χ1v) is 4.92. The van der Waals surface area contributed by atoms with Crippen LogP contribution in [0.3, 0.4) is 0 Å². The predicted octanol–water partition coefficient (Wildman–Crippen LogP) is 1.34. The Morgan fingerprint density at radius 3 is 2.67 bits per heavy atom. The van der Waals surface area contributed by atoms with Crippen LogP contribution >= 0.6 is 0 Å². The molecule has 0 saturated carbocycles. The molecule has 4 nitrogen and oxygen atoms in total. The maximum Gasteiger partial charge on any atom is 0.217 e. The van der Waals surface area contributed by atoms with Crippen molar-refractivity contribution in [3.8, 4) is 0 Å². The Labute approximate surface area is 90.3 Å². The van der Waals surface area contributed by atoms with Crippen molar-refractivity contribution < 1.29 is 4.79 Å². The van der Waals surface area contributed by atoms with E-state index in [1.807, 2.05) is 44.1 Å². The summed E-state index contributed by atoms with van der Waals surface area (Å²) in [6.45, 7) is 3.43. The minimum atomic E-state index is -0.0533. The number of nitrogens with zero attached hydrogens (tertiary/aromatic N) is 2. The van der Waals surface area contributed by atoms with Gasteiger partial charge in [-0.2, -0.15) is 0 Å². The number of pyridine rings is 1. The summed E-state index contributed by atoms with van der Waals surface area (Å²) in [7, 11) is 3.88. The highest BCUT2D eigenvalue weighted by atomic mass is 16.1. The smallest absolute Gasteiger partial charge is 0.217 e. The van der Waals surface area contributed by atoms with Gasteiger partial charge >= 0.3 is 0 Å². The van der Waals surface area contributed by atoms with E-state index in [0.29, 0.717) is 0 Å². The molecule has 0 unspecified atom stereocenters. The van der Waals surface area contributed by atoms with E-state index in [1.54, 1.807) is 0 Å². The highest BCUT2D eigenvalue weighted by molar-refractivity contribution is 5.73. The van der Waals surface area contributed by atoms with E-state index in [-0.39, 0.29) is 11.9 Å². The number of aromatic nitrogens is 1. The number of hydrogen-bond acceptors (Lipinski definition) is 3. The highest BCUT2D eigenvalue weighted by Crippen LogP contribution is 2.13. The van der Waals surface area contributed by atoms with Gasteiger partial charge in [-0.05, 0) is 19.1 Å². The van der Waals surface area contributed by atoms with Gasteiger partial charge in [0.15, 0.2) is 0 Å². The van der Waals surface area contributed by atoms with Gasteiger partial charge in [-0.25, -0.2) is 4.98 Å². The first-order chi connectivity index (χ1) is 7.00. The van der Waals surface area contributed by atoms with E-state index in [2.05, 4.69) is 10.3 Å². The van der Waals surface area contributed by atoms with Crippen LogP contribution < -0.4 is 10.2 Å². The third-order valence-corrected chi connectivity index (χ3v) is 2.08. The molecule has 0 aromatic carbocycles. The summed E-state index contributed by atoms with van der Waals surface area (Å²) in [6, 6.07) is 5.73. The number of rotatable bonds is 3. The maximum atomic E-state index is 10.9. The van der Waals surface area contributed by atoms with Crippen molar-refractivity contribution in [3.63, 3.8) is 0 Å². The summed E-state index contributed by atoms with van der Waals surface area (Å²) in [4.78, 5) is 17.3. The molecule has 1 aromatic heterocycles.